The first-order valence-corrected chi connectivity index (χ1v) is 5.20. The average molecular weight is 222 g/mol. The standard InChI is InChI=1S/C13H18O3/c1-4-9-15-11-5-7-12(8-6-11)16-10-13(2,3)14/h4-8,14H,1,9-10H2,2-3H3. The van der Waals surface area contributed by atoms with E-state index in [2.05, 4.69) is 6.58 Å². The molecule has 1 N–H and O–H groups in total. The normalized spacial score (nSPS) is 10.9. The second-order valence-electron chi connectivity index (χ2n) is 4.17. The lowest BCUT2D eigenvalue weighted by molar-refractivity contribution is 0.0285. The fourth-order valence-electron chi connectivity index (χ4n) is 1.05. The van der Waals surface area contributed by atoms with Gasteiger partial charge in [0.05, 0.1) is 5.60 Å². The van der Waals surface area contributed by atoms with E-state index >= 15 is 0 Å². The van der Waals surface area contributed by atoms with Crippen LogP contribution in [0.25, 0.3) is 0 Å². The van der Waals surface area contributed by atoms with Crippen molar-refractivity contribution in [1.29, 1.82) is 0 Å². The van der Waals surface area contributed by atoms with Gasteiger partial charge in [-0.15, -0.1) is 0 Å². The molecule has 0 fully saturated rings. The summed E-state index contributed by atoms with van der Waals surface area (Å²) >= 11 is 0. The highest BCUT2D eigenvalue weighted by atomic mass is 16.5. The molecule has 1 aromatic carbocycles. The Hall–Kier alpha value is -1.48. The molecule has 0 saturated heterocycles. The molecule has 16 heavy (non-hydrogen) atoms. The van der Waals surface area contributed by atoms with Crippen LogP contribution in [0.3, 0.4) is 0 Å². The Balaban J connectivity index is 2.48. The van der Waals surface area contributed by atoms with E-state index in [4.69, 9.17) is 9.47 Å². The van der Waals surface area contributed by atoms with Gasteiger partial charge in [0, 0.05) is 0 Å². The van der Waals surface area contributed by atoms with Gasteiger partial charge in [0.2, 0.25) is 0 Å². The van der Waals surface area contributed by atoms with Crippen LogP contribution < -0.4 is 9.47 Å². The van der Waals surface area contributed by atoms with Crippen molar-refractivity contribution in [3.05, 3.63) is 36.9 Å². The molecule has 0 atom stereocenters. The van der Waals surface area contributed by atoms with Gasteiger partial charge in [-0.25, -0.2) is 0 Å². The summed E-state index contributed by atoms with van der Waals surface area (Å²) in [6.07, 6.45) is 1.69. The van der Waals surface area contributed by atoms with E-state index < -0.39 is 5.60 Å². The van der Waals surface area contributed by atoms with E-state index in [-0.39, 0.29) is 6.61 Å². The van der Waals surface area contributed by atoms with Crippen LogP contribution in [0.2, 0.25) is 0 Å². The Morgan fingerprint density at radius 2 is 1.69 bits per heavy atom. The molecule has 0 aliphatic rings. The molecule has 1 rings (SSSR count). The fourth-order valence-corrected chi connectivity index (χ4v) is 1.05. The Bertz CT molecular complexity index is 322. The molecule has 3 heteroatoms. The highest BCUT2D eigenvalue weighted by Crippen LogP contribution is 2.18. The number of hydrogen-bond acceptors (Lipinski definition) is 3. The van der Waals surface area contributed by atoms with Crippen molar-refractivity contribution in [3.63, 3.8) is 0 Å². The summed E-state index contributed by atoms with van der Waals surface area (Å²) < 4.78 is 10.7. The summed E-state index contributed by atoms with van der Waals surface area (Å²) in [5, 5.41) is 9.49. The first-order chi connectivity index (χ1) is 7.51. The smallest absolute Gasteiger partial charge is 0.120 e. The first-order valence-electron chi connectivity index (χ1n) is 5.20. The molecule has 3 nitrogen and oxygen atoms in total. The summed E-state index contributed by atoms with van der Waals surface area (Å²) in [6, 6.07) is 7.26. The van der Waals surface area contributed by atoms with Gasteiger partial charge in [0.1, 0.15) is 24.7 Å². The molecule has 0 amide bonds. The van der Waals surface area contributed by atoms with Crippen molar-refractivity contribution in [3.8, 4) is 11.5 Å². The van der Waals surface area contributed by atoms with Crippen molar-refractivity contribution in [2.45, 2.75) is 19.4 Å². The second-order valence-corrected chi connectivity index (χ2v) is 4.17. The Labute approximate surface area is 96.3 Å². The van der Waals surface area contributed by atoms with Crippen LogP contribution in [0.4, 0.5) is 0 Å². The SMILES string of the molecule is C=CCOc1ccc(OCC(C)(C)O)cc1. The maximum absolute atomic E-state index is 9.49. The largest absolute Gasteiger partial charge is 0.491 e. The minimum absolute atomic E-state index is 0.264. The van der Waals surface area contributed by atoms with Gasteiger partial charge in [0.25, 0.3) is 0 Å². The number of rotatable bonds is 6. The summed E-state index contributed by atoms with van der Waals surface area (Å²) in [5.41, 5.74) is -0.821. The predicted octanol–water partition coefficient (Wildman–Crippen LogP) is 2.40. The van der Waals surface area contributed by atoms with Gasteiger partial charge in [-0.2, -0.15) is 0 Å². The number of benzene rings is 1. The lowest BCUT2D eigenvalue weighted by Gasteiger charge is -2.17. The van der Waals surface area contributed by atoms with Crippen LogP contribution in [0.15, 0.2) is 36.9 Å². The summed E-state index contributed by atoms with van der Waals surface area (Å²) in [6.45, 7) is 7.73. The van der Waals surface area contributed by atoms with Crippen LogP contribution in [0, 0.1) is 0 Å². The molecule has 0 aliphatic carbocycles. The summed E-state index contributed by atoms with van der Waals surface area (Å²) in [5.74, 6) is 1.49. The van der Waals surface area contributed by atoms with Crippen LogP contribution in [0.5, 0.6) is 11.5 Å². The molecule has 0 aliphatic heterocycles. The van der Waals surface area contributed by atoms with Gasteiger partial charge < -0.3 is 14.6 Å². The number of hydrogen-bond donors (Lipinski definition) is 1. The van der Waals surface area contributed by atoms with Gasteiger partial charge in [0.15, 0.2) is 0 Å². The zero-order valence-electron chi connectivity index (χ0n) is 9.77. The minimum atomic E-state index is -0.821. The predicted molar refractivity (Wildman–Crippen MR) is 63.9 cm³/mol. The van der Waals surface area contributed by atoms with Gasteiger partial charge in [-0.05, 0) is 38.1 Å². The van der Waals surface area contributed by atoms with Crippen LogP contribution in [-0.4, -0.2) is 23.9 Å². The molecule has 0 heterocycles. The third kappa shape index (κ3) is 4.84. The van der Waals surface area contributed by atoms with Crippen LogP contribution >= 0.6 is 0 Å². The lowest BCUT2D eigenvalue weighted by atomic mass is 10.2. The first kappa shape index (κ1) is 12.6. The Morgan fingerprint density at radius 3 is 2.12 bits per heavy atom. The Morgan fingerprint density at radius 1 is 1.19 bits per heavy atom. The third-order valence-corrected chi connectivity index (χ3v) is 1.78. The molecule has 0 radical (unpaired) electrons. The van der Waals surface area contributed by atoms with E-state index in [1.54, 1.807) is 19.9 Å². The molecule has 88 valence electrons. The van der Waals surface area contributed by atoms with Crippen molar-refractivity contribution in [1.82, 2.24) is 0 Å². The summed E-state index contributed by atoms with van der Waals surface area (Å²) in [7, 11) is 0. The molecule has 1 aromatic rings. The summed E-state index contributed by atoms with van der Waals surface area (Å²) in [4.78, 5) is 0. The highest BCUT2D eigenvalue weighted by Gasteiger charge is 2.13. The van der Waals surface area contributed by atoms with E-state index in [0.29, 0.717) is 12.4 Å². The van der Waals surface area contributed by atoms with Crippen LogP contribution in [-0.2, 0) is 0 Å². The van der Waals surface area contributed by atoms with E-state index in [1.165, 1.54) is 0 Å². The monoisotopic (exact) mass is 222 g/mol. The van der Waals surface area contributed by atoms with Crippen LogP contribution in [0.1, 0.15) is 13.8 Å². The highest BCUT2D eigenvalue weighted by molar-refractivity contribution is 5.31. The molecule has 0 saturated carbocycles. The lowest BCUT2D eigenvalue weighted by Crippen LogP contribution is -2.27. The number of ether oxygens (including phenoxy) is 2. The van der Waals surface area contributed by atoms with Crippen molar-refractivity contribution in [2.75, 3.05) is 13.2 Å². The van der Waals surface area contributed by atoms with E-state index in [9.17, 15) is 5.11 Å². The molecule has 0 spiro atoms. The van der Waals surface area contributed by atoms with Gasteiger partial charge >= 0.3 is 0 Å². The average Bonchev–Trinajstić information content (AvgIpc) is 2.24. The maximum Gasteiger partial charge on any atom is 0.120 e. The van der Waals surface area contributed by atoms with Gasteiger partial charge in [-0.3, -0.25) is 0 Å². The molecular weight excluding hydrogens is 204 g/mol. The Kier molecular flexibility index (Phi) is 4.38. The topological polar surface area (TPSA) is 38.7 Å². The second kappa shape index (κ2) is 5.56. The van der Waals surface area contributed by atoms with E-state index in [1.807, 2.05) is 24.3 Å². The third-order valence-electron chi connectivity index (χ3n) is 1.78. The zero-order valence-corrected chi connectivity index (χ0v) is 9.77. The van der Waals surface area contributed by atoms with Gasteiger partial charge in [-0.1, -0.05) is 12.7 Å². The molecule has 0 unspecified atom stereocenters. The van der Waals surface area contributed by atoms with Crippen molar-refractivity contribution >= 4 is 0 Å². The molecular formula is C13H18O3. The van der Waals surface area contributed by atoms with Crippen molar-refractivity contribution in [2.24, 2.45) is 0 Å². The molecule has 0 aromatic heterocycles. The molecule has 0 bridgehead atoms. The maximum atomic E-state index is 9.49. The minimum Gasteiger partial charge on any atom is -0.491 e. The fraction of sp³-hybridized carbons (Fsp3) is 0.385. The van der Waals surface area contributed by atoms with Crippen molar-refractivity contribution < 1.29 is 14.6 Å². The van der Waals surface area contributed by atoms with E-state index in [0.717, 1.165) is 5.75 Å². The number of aliphatic hydroxyl groups is 1. The zero-order chi connectivity index (χ0) is 12.0. The quantitative estimate of drug-likeness (QED) is 0.751.